The smallest absolute Gasteiger partial charge is 0.328 e. The summed E-state index contributed by atoms with van der Waals surface area (Å²) in [7, 11) is 1.31. The summed E-state index contributed by atoms with van der Waals surface area (Å²) in [6.07, 6.45) is 1.03. The van der Waals surface area contributed by atoms with Gasteiger partial charge in [-0.2, -0.15) is 0 Å². The number of esters is 1. The van der Waals surface area contributed by atoms with Crippen LogP contribution >= 0.6 is 11.8 Å². The molecule has 0 saturated carbocycles. The first-order valence-electron chi connectivity index (χ1n) is 8.39. The third-order valence-corrected chi connectivity index (χ3v) is 4.67. The van der Waals surface area contributed by atoms with Gasteiger partial charge in [0.1, 0.15) is 6.04 Å². The molecule has 0 bridgehead atoms. The minimum atomic E-state index is -0.668. The van der Waals surface area contributed by atoms with Crippen LogP contribution in [0.25, 0.3) is 0 Å². The third-order valence-electron chi connectivity index (χ3n) is 3.69. The number of carbonyl (C=O) groups excluding carboxylic acids is 3. The van der Waals surface area contributed by atoms with E-state index in [2.05, 4.69) is 5.32 Å². The van der Waals surface area contributed by atoms with Gasteiger partial charge in [0.2, 0.25) is 5.91 Å². The zero-order valence-corrected chi connectivity index (χ0v) is 16.1. The Morgan fingerprint density at radius 2 is 1.80 bits per heavy atom. The molecule has 138 valence electrons. The van der Waals surface area contributed by atoms with Crippen molar-refractivity contribution >= 4 is 28.8 Å². The third kappa shape index (κ3) is 8.20. The van der Waals surface area contributed by atoms with Gasteiger partial charge in [0.25, 0.3) is 0 Å². The van der Waals surface area contributed by atoms with Crippen molar-refractivity contribution < 1.29 is 19.1 Å². The number of carbonyl (C=O) groups is 3. The SMILES string of the molecule is COC(=O)C(CC(C)C)NC(=O)C(CSC(C)=O)Cc1ccccc1. The van der Waals surface area contributed by atoms with Crippen molar-refractivity contribution in [3.8, 4) is 0 Å². The number of methoxy groups -OCH3 is 1. The standard InChI is InChI=1S/C19H27NO4S/c1-13(2)10-17(19(23)24-4)20-18(22)16(12-25-14(3)21)11-15-8-6-5-7-9-15/h5-9,13,16-17H,10-12H2,1-4H3,(H,20,22). The summed E-state index contributed by atoms with van der Waals surface area (Å²) < 4.78 is 4.80. The molecule has 0 saturated heterocycles. The summed E-state index contributed by atoms with van der Waals surface area (Å²) >= 11 is 1.13. The fourth-order valence-corrected chi connectivity index (χ4v) is 3.17. The van der Waals surface area contributed by atoms with E-state index in [-0.39, 0.29) is 16.9 Å². The van der Waals surface area contributed by atoms with Crippen LogP contribution in [0, 0.1) is 11.8 Å². The van der Waals surface area contributed by atoms with Gasteiger partial charge < -0.3 is 10.1 Å². The minimum absolute atomic E-state index is 0.0300. The van der Waals surface area contributed by atoms with Crippen molar-refractivity contribution in [3.63, 3.8) is 0 Å². The van der Waals surface area contributed by atoms with Crippen LogP contribution in [0.1, 0.15) is 32.8 Å². The molecule has 1 amide bonds. The van der Waals surface area contributed by atoms with Crippen molar-refractivity contribution in [2.45, 2.75) is 39.7 Å². The van der Waals surface area contributed by atoms with Gasteiger partial charge >= 0.3 is 5.97 Å². The Morgan fingerprint density at radius 1 is 1.16 bits per heavy atom. The Labute approximate surface area is 153 Å². The molecule has 0 aromatic heterocycles. The predicted molar refractivity (Wildman–Crippen MR) is 100 cm³/mol. The molecule has 1 rings (SSSR count). The van der Waals surface area contributed by atoms with Gasteiger partial charge in [-0.1, -0.05) is 55.9 Å². The monoisotopic (exact) mass is 365 g/mol. The molecule has 0 aliphatic rings. The highest BCUT2D eigenvalue weighted by Gasteiger charge is 2.27. The van der Waals surface area contributed by atoms with Crippen LogP contribution in [0.5, 0.6) is 0 Å². The van der Waals surface area contributed by atoms with Crippen molar-refractivity contribution in [1.29, 1.82) is 0 Å². The van der Waals surface area contributed by atoms with Gasteiger partial charge in [0.05, 0.1) is 13.0 Å². The highest BCUT2D eigenvalue weighted by molar-refractivity contribution is 8.13. The summed E-state index contributed by atoms with van der Waals surface area (Å²) in [6.45, 7) is 5.45. The quantitative estimate of drug-likeness (QED) is 0.681. The molecule has 1 aromatic carbocycles. The molecule has 6 heteroatoms. The van der Waals surface area contributed by atoms with Gasteiger partial charge in [-0.3, -0.25) is 9.59 Å². The van der Waals surface area contributed by atoms with Crippen LogP contribution in [0.4, 0.5) is 0 Å². The van der Waals surface area contributed by atoms with Gasteiger partial charge in [-0.15, -0.1) is 0 Å². The van der Waals surface area contributed by atoms with Gasteiger partial charge in [-0.05, 0) is 24.3 Å². The second-order valence-electron chi connectivity index (χ2n) is 6.40. The normalized spacial score (nSPS) is 13.2. The Balaban J connectivity index is 2.84. The first-order valence-corrected chi connectivity index (χ1v) is 9.37. The number of amides is 1. The molecular weight excluding hydrogens is 338 g/mol. The predicted octanol–water partition coefficient (Wildman–Crippen LogP) is 2.83. The van der Waals surface area contributed by atoms with Crippen LogP contribution in [0.15, 0.2) is 30.3 Å². The van der Waals surface area contributed by atoms with Crippen LogP contribution in [0.2, 0.25) is 0 Å². The molecule has 0 aliphatic heterocycles. The second kappa shape index (κ2) is 10.9. The molecule has 0 radical (unpaired) electrons. The molecule has 0 aliphatic carbocycles. The second-order valence-corrected chi connectivity index (χ2v) is 7.60. The number of hydrogen-bond acceptors (Lipinski definition) is 5. The molecule has 2 atom stereocenters. The van der Waals surface area contributed by atoms with Crippen LogP contribution in [-0.4, -0.2) is 35.9 Å². The Kier molecular flexibility index (Phi) is 9.27. The minimum Gasteiger partial charge on any atom is -0.467 e. The molecule has 0 fully saturated rings. The zero-order valence-electron chi connectivity index (χ0n) is 15.3. The Hall–Kier alpha value is -1.82. The van der Waals surface area contributed by atoms with Gasteiger partial charge in [-0.25, -0.2) is 4.79 Å². The summed E-state index contributed by atoms with van der Waals surface area (Å²) in [4.78, 5) is 36.0. The summed E-state index contributed by atoms with van der Waals surface area (Å²) in [6, 6.07) is 8.98. The van der Waals surface area contributed by atoms with E-state index in [0.717, 1.165) is 17.3 Å². The molecule has 2 unspecified atom stereocenters. The number of thioether (sulfide) groups is 1. The molecular formula is C19H27NO4S. The summed E-state index contributed by atoms with van der Waals surface area (Å²) in [5.41, 5.74) is 1.02. The fourth-order valence-electron chi connectivity index (χ4n) is 2.46. The number of hydrogen-bond donors (Lipinski definition) is 1. The van der Waals surface area contributed by atoms with E-state index in [9.17, 15) is 14.4 Å². The average molecular weight is 365 g/mol. The first-order chi connectivity index (χ1) is 11.8. The lowest BCUT2D eigenvalue weighted by Gasteiger charge is -2.22. The number of rotatable bonds is 9. The zero-order chi connectivity index (χ0) is 18.8. The van der Waals surface area contributed by atoms with Crippen LogP contribution in [-0.2, 0) is 25.5 Å². The molecule has 5 nitrogen and oxygen atoms in total. The first kappa shape index (κ1) is 21.2. The van der Waals surface area contributed by atoms with Gasteiger partial charge in [0, 0.05) is 12.7 Å². The highest BCUT2D eigenvalue weighted by Crippen LogP contribution is 2.17. The van der Waals surface area contributed by atoms with Crippen molar-refractivity contribution in [3.05, 3.63) is 35.9 Å². The average Bonchev–Trinajstić information content (AvgIpc) is 2.57. The lowest BCUT2D eigenvalue weighted by Crippen LogP contribution is -2.46. The Bertz CT molecular complexity index is 574. The summed E-state index contributed by atoms with van der Waals surface area (Å²) in [5, 5.41) is 2.77. The van der Waals surface area contributed by atoms with E-state index >= 15 is 0 Å². The van der Waals surface area contributed by atoms with Crippen LogP contribution < -0.4 is 5.32 Å². The van der Waals surface area contributed by atoms with Crippen molar-refractivity contribution in [2.24, 2.45) is 11.8 Å². The topological polar surface area (TPSA) is 72.5 Å². The van der Waals surface area contributed by atoms with Crippen molar-refractivity contribution in [2.75, 3.05) is 12.9 Å². The fraction of sp³-hybridized carbons (Fsp3) is 0.526. The van der Waals surface area contributed by atoms with Crippen molar-refractivity contribution in [1.82, 2.24) is 5.32 Å². The van der Waals surface area contributed by atoms with E-state index in [1.165, 1.54) is 14.0 Å². The van der Waals surface area contributed by atoms with E-state index < -0.39 is 17.9 Å². The molecule has 1 N–H and O–H groups in total. The lowest BCUT2D eigenvalue weighted by atomic mass is 9.98. The maximum atomic E-state index is 12.7. The van der Waals surface area contributed by atoms with Gasteiger partial charge in [0.15, 0.2) is 5.12 Å². The largest absolute Gasteiger partial charge is 0.467 e. The molecule has 0 heterocycles. The highest BCUT2D eigenvalue weighted by atomic mass is 32.2. The number of ether oxygens (including phenoxy) is 1. The molecule has 0 spiro atoms. The molecule has 1 aromatic rings. The van der Waals surface area contributed by atoms with E-state index in [4.69, 9.17) is 4.74 Å². The molecule has 25 heavy (non-hydrogen) atoms. The number of nitrogens with one attached hydrogen (secondary N) is 1. The summed E-state index contributed by atoms with van der Waals surface area (Å²) in [5.74, 6) is -0.446. The maximum Gasteiger partial charge on any atom is 0.328 e. The maximum absolute atomic E-state index is 12.7. The van der Waals surface area contributed by atoms with E-state index in [1.54, 1.807) is 0 Å². The van der Waals surface area contributed by atoms with Crippen LogP contribution in [0.3, 0.4) is 0 Å². The lowest BCUT2D eigenvalue weighted by molar-refractivity contribution is -0.146. The Morgan fingerprint density at radius 3 is 2.32 bits per heavy atom. The van der Waals surface area contributed by atoms with E-state index in [1.807, 2.05) is 44.2 Å². The van der Waals surface area contributed by atoms with E-state index in [0.29, 0.717) is 18.6 Å². The number of benzene rings is 1.